The van der Waals surface area contributed by atoms with Crippen LogP contribution in [0.25, 0.3) is 0 Å². The van der Waals surface area contributed by atoms with Crippen LogP contribution in [0.5, 0.6) is 5.75 Å². The average molecular weight is 262 g/mol. The number of hydrogen-bond donors (Lipinski definition) is 2. The van der Waals surface area contributed by atoms with Crippen molar-refractivity contribution in [3.8, 4) is 5.75 Å². The Morgan fingerprint density at radius 1 is 1.32 bits per heavy atom. The second-order valence-corrected chi connectivity index (χ2v) is 3.68. The van der Waals surface area contributed by atoms with Gasteiger partial charge in [-0.15, -0.1) is 0 Å². The van der Waals surface area contributed by atoms with E-state index >= 15 is 0 Å². The number of halogens is 1. The monoisotopic (exact) mass is 262 g/mol. The molecule has 0 bridgehead atoms. The molecule has 0 saturated heterocycles. The summed E-state index contributed by atoms with van der Waals surface area (Å²) in [5, 5.41) is 11.5. The van der Waals surface area contributed by atoms with Gasteiger partial charge in [-0.2, -0.15) is 0 Å². The van der Waals surface area contributed by atoms with Crippen molar-refractivity contribution in [2.45, 2.75) is 0 Å². The summed E-state index contributed by atoms with van der Waals surface area (Å²) in [6.07, 6.45) is 1.23. The molecule has 2 aromatic rings. The van der Waals surface area contributed by atoms with Crippen LogP contribution in [0.2, 0.25) is 0 Å². The largest absolute Gasteiger partial charge is 0.497 e. The zero-order valence-corrected chi connectivity index (χ0v) is 10.1. The van der Waals surface area contributed by atoms with Gasteiger partial charge in [0.05, 0.1) is 7.11 Å². The molecule has 19 heavy (non-hydrogen) atoms. The van der Waals surface area contributed by atoms with Gasteiger partial charge in [0.25, 0.3) is 0 Å². The summed E-state index contributed by atoms with van der Waals surface area (Å²) in [5.41, 5.74) is 0.153. The van der Waals surface area contributed by atoms with Gasteiger partial charge in [-0.25, -0.2) is 14.2 Å². The molecular weight excluding hydrogens is 251 g/mol. The molecule has 0 saturated carbocycles. The first-order valence-electron chi connectivity index (χ1n) is 5.40. The lowest BCUT2D eigenvalue weighted by Gasteiger charge is -2.08. The van der Waals surface area contributed by atoms with Crippen LogP contribution in [0.15, 0.2) is 36.5 Å². The first-order chi connectivity index (χ1) is 9.11. The van der Waals surface area contributed by atoms with Crippen molar-refractivity contribution < 1.29 is 19.0 Å². The molecule has 0 fully saturated rings. The highest BCUT2D eigenvalue weighted by Crippen LogP contribution is 2.22. The molecule has 0 radical (unpaired) electrons. The topological polar surface area (TPSA) is 71.5 Å². The summed E-state index contributed by atoms with van der Waals surface area (Å²) in [7, 11) is 1.54. The number of carbonyl (C=O) groups is 1. The first kappa shape index (κ1) is 12.8. The molecule has 98 valence electrons. The van der Waals surface area contributed by atoms with E-state index in [1.807, 2.05) is 0 Å². The molecule has 1 aromatic carbocycles. The molecule has 6 heteroatoms. The average Bonchev–Trinajstić information content (AvgIpc) is 2.41. The highest BCUT2D eigenvalue weighted by atomic mass is 19.1. The van der Waals surface area contributed by atoms with E-state index in [2.05, 4.69) is 10.3 Å². The number of carboxylic acids is 1. The minimum atomic E-state index is -1.34. The van der Waals surface area contributed by atoms with Gasteiger partial charge in [-0.1, -0.05) is 0 Å². The van der Waals surface area contributed by atoms with E-state index in [1.54, 1.807) is 31.4 Å². The number of nitrogens with zero attached hydrogens (tertiary/aromatic N) is 1. The van der Waals surface area contributed by atoms with E-state index in [0.29, 0.717) is 11.4 Å². The number of anilines is 2. The van der Waals surface area contributed by atoms with Gasteiger partial charge in [0, 0.05) is 11.9 Å². The van der Waals surface area contributed by atoms with Crippen LogP contribution in [-0.2, 0) is 0 Å². The fourth-order valence-electron chi connectivity index (χ4n) is 1.51. The summed E-state index contributed by atoms with van der Waals surface area (Å²) in [4.78, 5) is 14.6. The Morgan fingerprint density at radius 2 is 2.00 bits per heavy atom. The molecular formula is C13H11FN2O3. The Kier molecular flexibility index (Phi) is 3.61. The molecule has 2 N–H and O–H groups in total. The molecule has 5 nitrogen and oxygen atoms in total. The maximum atomic E-state index is 13.8. The standard InChI is InChI=1S/C13H11FN2O3/c1-19-9-4-2-8(3-5-9)16-12-11(14)10(13(17)18)6-7-15-12/h2-7H,1H3,(H,15,16)(H,17,18). The Balaban J connectivity index is 2.27. The lowest BCUT2D eigenvalue weighted by molar-refractivity contribution is 0.0692. The fourth-order valence-corrected chi connectivity index (χ4v) is 1.51. The Morgan fingerprint density at radius 3 is 2.58 bits per heavy atom. The quantitative estimate of drug-likeness (QED) is 0.886. The Labute approximate surface area is 108 Å². The van der Waals surface area contributed by atoms with E-state index in [4.69, 9.17) is 9.84 Å². The zero-order valence-electron chi connectivity index (χ0n) is 10.1. The molecule has 0 aliphatic carbocycles. The first-order valence-corrected chi connectivity index (χ1v) is 5.40. The van der Waals surface area contributed by atoms with Crippen LogP contribution in [0.1, 0.15) is 10.4 Å². The highest BCUT2D eigenvalue weighted by Gasteiger charge is 2.14. The third-order valence-electron chi connectivity index (χ3n) is 2.47. The number of benzene rings is 1. The maximum absolute atomic E-state index is 13.8. The van der Waals surface area contributed by atoms with Gasteiger partial charge in [-0.3, -0.25) is 0 Å². The summed E-state index contributed by atoms with van der Waals surface area (Å²) in [5.74, 6) is -1.70. The lowest BCUT2D eigenvalue weighted by Crippen LogP contribution is -2.05. The second-order valence-electron chi connectivity index (χ2n) is 3.68. The van der Waals surface area contributed by atoms with Crippen molar-refractivity contribution in [2.24, 2.45) is 0 Å². The molecule has 2 rings (SSSR count). The van der Waals surface area contributed by atoms with Gasteiger partial charge in [0.15, 0.2) is 11.6 Å². The van der Waals surface area contributed by atoms with E-state index in [1.165, 1.54) is 6.20 Å². The molecule has 1 heterocycles. The van der Waals surface area contributed by atoms with Crippen molar-refractivity contribution in [2.75, 3.05) is 12.4 Å². The summed E-state index contributed by atoms with van der Waals surface area (Å²) in [6.45, 7) is 0. The number of aromatic carboxylic acids is 1. The Hall–Kier alpha value is -2.63. The lowest BCUT2D eigenvalue weighted by atomic mass is 10.2. The number of pyridine rings is 1. The maximum Gasteiger partial charge on any atom is 0.338 e. The molecule has 0 aliphatic heterocycles. The van der Waals surface area contributed by atoms with E-state index in [9.17, 15) is 9.18 Å². The van der Waals surface area contributed by atoms with E-state index < -0.39 is 17.3 Å². The van der Waals surface area contributed by atoms with Crippen LogP contribution in [-0.4, -0.2) is 23.2 Å². The predicted octanol–water partition coefficient (Wildman–Crippen LogP) is 2.67. The van der Waals surface area contributed by atoms with E-state index in [0.717, 1.165) is 6.07 Å². The number of aromatic nitrogens is 1. The molecule has 0 amide bonds. The van der Waals surface area contributed by atoms with Gasteiger partial charge in [0.1, 0.15) is 11.3 Å². The van der Waals surface area contributed by atoms with Crippen LogP contribution in [0.3, 0.4) is 0 Å². The molecule has 0 aliphatic rings. The number of carboxylic acid groups (broad SMARTS) is 1. The van der Waals surface area contributed by atoms with Crippen LogP contribution >= 0.6 is 0 Å². The summed E-state index contributed by atoms with van der Waals surface area (Å²) in [6, 6.07) is 7.85. The van der Waals surface area contributed by atoms with Crippen molar-refractivity contribution in [1.29, 1.82) is 0 Å². The van der Waals surface area contributed by atoms with Crippen molar-refractivity contribution in [1.82, 2.24) is 4.98 Å². The number of ether oxygens (including phenoxy) is 1. The van der Waals surface area contributed by atoms with Crippen molar-refractivity contribution in [3.05, 3.63) is 47.9 Å². The van der Waals surface area contributed by atoms with Crippen LogP contribution in [0, 0.1) is 5.82 Å². The minimum absolute atomic E-state index is 0.134. The number of rotatable bonds is 4. The highest BCUT2D eigenvalue weighted by molar-refractivity contribution is 5.89. The van der Waals surface area contributed by atoms with Gasteiger partial charge in [0.2, 0.25) is 0 Å². The normalized spacial score (nSPS) is 10.0. The van der Waals surface area contributed by atoms with Crippen LogP contribution in [0.4, 0.5) is 15.9 Å². The van der Waals surface area contributed by atoms with Crippen molar-refractivity contribution in [3.63, 3.8) is 0 Å². The molecule has 0 unspecified atom stereocenters. The van der Waals surface area contributed by atoms with E-state index in [-0.39, 0.29) is 5.82 Å². The SMILES string of the molecule is COc1ccc(Nc2nccc(C(=O)O)c2F)cc1. The minimum Gasteiger partial charge on any atom is -0.497 e. The number of nitrogens with one attached hydrogen (secondary N) is 1. The fraction of sp³-hybridized carbons (Fsp3) is 0.0769. The van der Waals surface area contributed by atoms with Crippen LogP contribution < -0.4 is 10.1 Å². The van der Waals surface area contributed by atoms with Crippen molar-refractivity contribution >= 4 is 17.5 Å². The van der Waals surface area contributed by atoms with Gasteiger partial charge in [-0.05, 0) is 30.3 Å². The molecule has 1 aromatic heterocycles. The summed E-state index contributed by atoms with van der Waals surface area (Å²) >= 11 is 0. The predicted molar refractivity (Wildman–Crippen MR) is 67.4 cm³/mol. The zero-order chi connectivity index (χ0) is 13.8. The molecule has 0 spiro atoms. The van der Waals surface area contributed by atoms with Gasteiger partial charge >= 0.3 is 5.97 Å². The van der Waals surface area contributed by atoms with Gasteiger partial charge < -0.3 is 15.2 Å². The third-order valence-corrected chi connectivity index (χ3v) is 2.47. The number of methoxy groups -OCH3 is 1. The number of hydrogen-bond acceptors (Lipinski definition) is 4. The Bertz CT molecular complexity index is 599. The summed E-state index contributed by atoms with van der Waals surface area (Å²) < 4.78 is 18.8. The molecule has 0 atom stereocenters. The third kappa shape index (κ3) is 2.79. The smallest absolute Gasteiger partial charge is 0.338 e. The second kappa shape index (κ2) is 5.34.